The predicted octanol–water partition coefficient (Wildman–Crippen LogP) is 1.21. The molecule has 2 atom stereocenters. The van der Waals surface area contributed by atoms with Gasteiger partial charge in [-0.25, -0.2) is 4.98 Å². The largest absolute Gasteiger partial charge is 0.410 e. The molecular weight excluding hydrogens is 209 g/mol. The molecule has 0 radical (unpaired) electrons. The Balaban J connectivity index is 3.18. The smallest absolute Gasteiger partial charge is 0.326 e. The summed E-state index contributed by atoms with van der Waals surface area (Å²) in [7, 11) is 0. The molecule has 1 aromatic heterocycles. The van der Waals surface area contributed by atoms with Crippen molar-refractivity contribution in [3.05, 3.63) is 18.2 Å². The van der Waals surface area contributed by atoms with Gasteiger partial charge in [-0.3, -0.25) is 0 Å². The van der Waals surface area contributed by atoms with Crippen molar-refractivity contribution >= 4 is 0 Å². The van der Waals surface area contributed by atoms with Crippen LogP contribution in [0.2, 0.25) is 0 Å². The van der Waals surface area contributed by atoms with Crippen molar-refractivity contribution in [2.24, 2.45) is 5.73 Å². The first-order valence-corrected chi connectivity index (χ1v) is 4.13. The SMILES string of the molecule is CC(N)C(n1ccnc1C#N)C(F)(F)F. The van der Waals surface area contributed by atoms with Crippen LogP contribution < -0.4 is 5.73 Å². The van der Waals surface area contributed by atoms with E-state index in [1.165, 1.54) is 6.92 Å². The summed E-state index contributed by atoms with van der Waals surface area (Å²) in [6.07, 6.45) is -2.26. The molecule has 1 heterocycles. The van der Waals surface area contributed by atoms with Gasteiger partial charge in [-0.2, -0.15) is 18.4 Å². The first kappa shape index (κ1) is 11.5. The summed E-state index contributed by atoms with van der Waals surface area (Å²) in [6.45, 7) is 1.24. The molecule has 82 valence electrons. The molecule has 0 aliphatic carbocycles. The fraction of sp³-hybridized carbons (Fsp3) is 0.500. The van der Waals surface area contributed by atoms with Crippen LogP contribution in [0.25, 0.3) is 0 Å². The molecule has 1 rings (SSSR count). The summed E-state index contributed by atoms with van der Waals surface area (Å²) in [6, 6.07) is -1.49. The number of nitrogens with zero attached hydrogens (tertiary/aromatic N) is 3. The van der Waals surface area contributed by atoms with Crippen molar-refractivity contribution in [2.45, 2.75) is 25.2 Å². The van der Waals surface area contributed by atoms with E-state index in [0.29, 0.717) is 0 Å². The summed E-state index contributed by atoms with van der Waals surface area (Å²) in [5, 5.41) is 8.56. The Morgan fingerprint density at radius 3 is 2.60 bits per heavy atom. The van der Waals surface area contributed by atoms with E-state index in [1.807, 2.05) is 0 Å². The number of hydrogen-bond acceptors (Lipinski definition) is 3. The molecule has 1 aromatic rings. The minimum atomic E-state index is -4.50. The van der Waals surface area contributed by atoms with Crippen molar-refractivity contribution in [3.8, 4) is 6.07 Å². The number of hydrogen-bond donors (Lipinski definition) is 1. The Hall–Kier alpha value is -1.55. The van der Waals surface area contributed by atoms with Gasteiger partial charge in [-0.1, -0.05) is 0 Å². The molecule has 4 nitrogen and oxygen atoms in total. The highest BCUT2D eigenvalue weighted by Gasteiger charge is 2.44. The molecule has 0 amide bonds. The lowest BCUT2D eigenvalue weighted by atomic mass is 10.1. The summed E-state index contributed by atoms with van der Waals surface area (Å²) < 4.78 is 38.6. The zero-order valence-corrected chi connectivity index (χ0v) is 7.86. The predicted molar refractivity (Wildman–Crippen MR) is 45.7 cm³/mol. The van der Waals surface area contributed by atoms with Crippen LogP contribution >= 0.6 is 0 Å². The van der Waals surface area contributed by atoms with Crippen LogP contribution in [0.5, 0.6) is 0 Å². The topological polar surface area (TPSA) is 67.6 Å². The Morgan fingerprint density at radius 2 is 2.20 bits per heavy atom. The zero-order valence-electron chi connectivity index (χ0n) is 7.86. The Labute approximate surface area is 84.1 Å². The summed E-state index contributed by atoms with van der Waals surface area (Å²) in [4.78, 5) is 3.50. The highest BCUT2D eigenvalue weighted by molar-refractivity contribution is 5.13. The van der Waals surface area contributed by atoms with Crippen molar-refractivity contribution in [3.63, 3.8) is 0 Å². The van der Waals surface area contributed by atoms with E-state index in [2.05, 4.69) is 4.98 Å². The summed E-state index contributed by atoms with van der Waals surface area (Å²) in [5.74, 6) is -0.297. The lowest BCUT2D eigenvalue weighted by Gasteiger charge is -2.25. The molecule has 2 N–H and O–H groups in total. The van der Waals surface area contributed by atoms with Gasteiger partial charge in [0.2, 0.25) is 5.82 Å². The quantitative estimate of drug-likeness (QED) is 0.811. The van der Waals surface area contributed by atoms with Gasteiger partial charge >= 0.3 is 6.18 Å². The van der Waals surface area contributed by atoms with Gasteiger partial charge in [0.15, 0.2) is 0 Å². The van der Waals surface area contributed by atoms with E-state index >= 15 is 0 Å². The lowest BCUT2D eigenvalue weighted by Crippen LogP contribution is -2.40. The number of alkyl halides is 3. The van der Waals surface area contributed by atoms with Gasteiger partial charge in [-0.15, -0.1) is 0 Å². The van der Waals surface area contributed by atoms with Crippen LogP contribution in [0.1, 0.15) is 18.8 Å². The van der Waals surface area contributed by atoms with E-state index in [-0.39, 0.29) is 5.82 Å². The van der Waals surface area contributed by atoms with Crippen molar-refractivity contribution in [1.29, 1.82) is 5.26 Å². The number of nitrogens with two attached hydrogens (primary N) is 1. The fourth-order valence-electron chi connectivity index (χ4n) is 1.33. The number of aromatic nitrogens is 2. The number of halogens is 3. The van der Waals surface area contributed by atoms with Crippen LogP contribution in [-0.2, 0) is 0 Å². The van der Waals surface area contributed by atoms with Crippen LogP contribution in [0, 0.1) is 11.3 Å². The van der Waals surface area contributed by atoms with E-state index in [1.54, 1.807) is 6.07 Å². The van der Waals surface area contributed by atoms with Gasteiger partial charge in [0.05, 0.1) is 0 Å². The highest BCUT2D eigenvalue weighted by Crippen LogP contribution is 2.33. The van der Waals surface area contributed by atoms with E-state index < -0.39 is 18.3 Å². The Kier molecular flexibility index (Phi) is 3.00. The minimum Gasteiger partial charge on any atom is -0.326 e. The third kappa shape index (κ3) is 2.27. The lowest BCUT2D eigenvalue weighted by molar-refractivity contribution is -0.172. The van der Waals surface area contributed by atoms with Crippen LogP contribution in [-0.4, -0.2) is 21.8 Å². The fourth-order valence-corrected chi connectivity index (χ4v) is 1.33. The maximum atomic E-state index is 12.6. The van der Waals surface area contributed by atoms with Gasteiger partial charge < -0.3 is 10.3 Å². The molecule has 0 aliphatic rings. The number of imidazole rings is 1. The van der Waals surface area contributed by atoms with Gasteiger partial charge in [0.1, 0.15) is 12.1 Å². The van der Waals surface area contributed by atoms with Gasteiger partial charge in [0, 0.05) is 18.4 Å². The molecule has 7 heteroatoms. The van der Waals surface area contributed by atoms with Crippen LogP contribution in [0.15, 0.2) is 12.4 Å². The average Bonchev–Trinajstić information content (AvgIpc) is 2.48. The second-order valence-corrected chi connectivity index (χ2v) is 3.12. The van der Waals surface area contributed by atoms with Crippen molar-refractivity contribution < 1.29 is 13.2 Å². The van der Waals surface area contributed by atoms with Crippen molar-refractivity contribution in [2.75, 3.05) is 0 Å². The number of rotatable bonds is 2. The monoisotopic (exact) mass is 218 g/mol. The standard InChI is InChI=1S/C8H9F3N4/c1-5(13)7(8(9,10)11)15-3-2-14-6(15)4-12/h2-3,5,7H,13H2,1H3. The minimum absolute atomic E-state index is 0.297. The highest BCUT2D eigenvalue weighted by atomic mass is 19.4. The molecule has 0 fully saturated rings. The van der Waals surface area contributed by atoms with E-state index in [0.717, 1.165) is 17.0 Å². The average molecular weight is 218 g/mol. The third-order valence-corrected chi connectivity index (χ3v) is 1.90. The maximum Gasteiger partial charge on any atom is 0.410 e. The molecule has 0 saturated carbocycles. The van der Waals surface area contributed by atoms with Crippen LogP contribution in [0.3, 0.4) is 0 Å². The summed E-state index contributed by atoms with van der Waals surface area (Å²) in [5.41, 5.74) is 5.26. The second kappa shape index (κ2) is 3.90. The number of nitriles is 1. The molecule has 0 bridgehead atoms. The molecule has 0 saturated heterocycles. The van der Waals surface area contributed by atoms with E-state index in [9.17, 15) is 13.2 Å². The Bertz CT molecular complexity index is 374. The van der Waals surface area contributed by atoms with Gasteiger partial charge in [-0.05, 0) is 6.92 Å². The first-order chi connectivity index (χ1) is 6.88. The van der Waals surface area contributed by atoms with Crippen LogP contribution in [0.4, 0.5) is 13.2 Å². The molecule has 0 aliphatic heterocycles. The zero-order chi connectivity index (χ0) is 11.6. The summed E-state index contributed by atoms with van der Waals surface area (Å²) >= 11 is 0. The molecular formula is C8H9F3N4. The molecule has 0 spiro atoms. The normalized spacial score (nSPS) is 15.7. The Morgan fingerprint density at radius 1 is 1.60 bits per heavy atom. The second-order valence-electron chi connectivity index (χ2n) is 3.12. The maximum absolute atomic E-state index is 12.6. The third-order valence-electron chi connectivity index (χ3n) is 1.90. The first-order valence-electron chi connectivity index (χ1n) is 4.13. The van der Waals surface area contributed by atoms with Crippen molar-refractivity contribution in [1.82, 2.24) is 9.55 Å². The molecule has 2 unspecified atom stereocenters. The molecule has 15 heavy (non-hydrogen) atoms. The van der Waals surface area contributed by atoms with E-state index in [4.69, 9.17) is 11.0 Å². The van der Waals surface area contributed by atoms with Gasteiger partial charge in [0.25, 0.3) is 0 Å². The molecule has 0 aromatic carbocycles.